The third kappa shape index (κ3) is 3.78. The molecule has 0 bridgehead atoms. The van der Waals surface area contributed by atoms with Crippen LogP contribution in [0, 0.1) is 11.6 Å². The fourth-order valence-electron chi connectivity index (χ4n) is 1.67. The Morgan fingerprint density at radius 2 is 1.77 bits per heavy atom. The van der Waals surface area contributed by atoms with Gasteiger partial charge in [-0.15, -0.1) is 0 Å². The highest BCUT2D eigenvalue weighted by Crippen LogP contribution is 2.21. The van der Waals surface area contributed by atoms with Gasteiger partial charge in [0, 0.05) is 5.56 Å². The van der Waals surface area contributed by atoms with Crippen LogP contribution in [0.25, 0.3) is 0 Å². The summed E-state index contributed by atoms with van der Waals surface area (Å²) in [5, 5.41) is 14.2. The number of para-hydroxylation sites is 2. The van der Waals surface area contributed by atoms with Gasteiger partial charge in [-0.05, 0) is 30.3 Å². The molecule has 0 aliphatic carbocycles. The van der Waals surface area contributed by atoms with E-state index >= 15 is 0 Å². The number of phenolic OH excluding ortho intramolecular Hbond substituents is 1. The predicted molar refractivity (Wildman–Crippen MR) is 75.4 cm³/mol. The number of amides is 2. The fraction of sp³-hybridized carbons (Fsp3) is 0.0667. The molecule has 2 amide bonds. The lowest BCUT2D eigenvalue weighted by molar-refractivity contribution is -0.115. The zero-order valence-electron chi connectivity index (χ0n) is 11.3. The van der Waals surface area contributed by atoms with E-state index in [4.69, 9.17) is 0 Å². The van der Waals surface area contributed by atoms with Crippen molar-refractivity contribution in [1.82, 2.24) is 5.32 Å². The molecule has 5 nitrogen and oxygen atoms in total. The minimum atomic E-state index is -1.15. The van der Waals surface area contributed by atoms with Crippen LogP contribution in [0.4, 0.5) is 14.5 Å². The van der Waals surface area contributed by atoms with Crippen LogP contribution in [0.15, 0.2) is 42.5 Å². The van der Waals surface area contributed by atoms with Gasteiger partial charge < -0.3 is 15.7 Å². The van der Waals surface area contributed by atoms with Crippen molar-refractivity contribution in [2.24, 2.45) is 0 Å². The molecule has 0 aliphatic heterocycles. The lowest BCUT2D eigenvalue weighted by atomic mass is 10.2. The van der Waals surface area contributed by atoms with Crippen molar-refractivity contribution in [1.29, 1.82) is 0 Å². The molecule has 0 heterocycles. The smallest absolute Gasteiger partial charge is 0.251 e. The summed E-state index contributed by atoms with van der Waals surface area (Å²) in [6, 6.07) is 8.78. The molecular weight excluding hydrogens is 294 g/mol. The van der Waals surface area contributed by atoms with Gasteiger partial charge in [-0.25, -0.2) is 8.78 Å². The van der Waals surface area contributed by atoms with Gasteiger partial charge in [0.1, 0.15) is 5.75 Å². The highest BCUT2D eigenvalue weighted by Gasteiger charge is 2.11. The SMILES string of the molecule is O=C(CNC(=O)c1ccc(F)c(F)c1)Nc1ccccc1O. The molecule has 0 atom stereocenters. The monoisotopic (exact) mass is 306 g/mol. The van der Waals surface area contributed by atoms with E-state index in [1.54, 1.807) is 12.1 Å². The number of anilines is 1. The minimum Gasteiger partial charge on any atom is -0.506 e. The van der Waals surface area contributed by atoms with Gasteiger partial charge in [0.05, 0.1) is 12.2 Å². The predicted octanol–water partition coefficient (Wildman–Crippen LogP) is 2.04. The Bertz CT molecular complexity index is 720. The molecule has 2 aromatic carbocycles. The van der Waals surface area contributed by atoms with Crippen LogP contribution in [-0.2, 0) is 4.79 Å². The van der Waals surface area contributed by atoms with E-state index in [1.807, 2.05) is 0 Å². The van der Waals surface area contributed by atoms with E-state index in [0.717, 1.165) is 18.2 Å². The second-order valence-electron chi connectivity index (χ2n) is 4.38. The summed E-state index contributed by atoms with van der Waals surface area (Å²) in [5.74, 6) is -3.60. The summed E-state index contributed by atoms with van der Waals surface area (Å²) >= 11 is 0. The lowest BCUT2D eigenvalue weighted by Gasteiger charge is -2.08. The number of hydrogen-bond donors (Lipinski definition) is 3. The van der Waals surface area contributed by atoms with Gasteiger partial charge in [0.25, 0.3) is 5.91 Å². The number of hydrogen-bond acceptors (Lipinski definition) is 3. The Kier molecular flexibility index (Phi) is 4.67. The first-order valence-corrected chi connectivity index (χ1v) is 6.28. The summed E-state index contributed by atoms with van der Waals surface area (Å²) in [6.07, 6.45) is 0. The number of nitrogens with one attached hydrogen (secondary N) is 2. The van der Waals surface area contributed by atoms with E-state index in [9.17, 15) is 23.5 Å². The highest BCUT2D eigenvalue weighted by atomic mass is 19.2. The number of aromatic hydroxyl groups is 1. The summed E-state index contributed by atoms with van der Waals surface area (Å²) in [7, 11) is 0. The largest absolute Gasteiger partial charge is 0.506 e. The molecule has 2 rings (SSSR count). The molecule has 2 aromatic rings. The van der Waals surface area contributed by atoms with Crippen LogP contribution in [-0.4, -0.2) is 23.5 Å². The average molecular weight is 306 g/mol. The number of benzene rings is 2. The number of phenols is 1. The maximum absolute atomic E-state index is 13.0. The second-order valence-corrected chi connectivity index (χ2v) is 4.38. The van der Waals surface area contributed by atoms with Crippen LogP contribution in [0.1, 0.15) is 10.4 Å². The van der Waals surface area contributed by atoms with Crippen molar-refractivity contribution in [2.75, 3.05) is 11.9 Å². The Morgan fingerprint density at radius 1 is 1.05 bits per heavy atom. The van der Waals surface area contributed by atoms with E-state index in [1.165, 1.54) is 12.1 Å². The average Bonchev–Trinajstić information content (AvgIpc) is 2.50. The first kappa shape index (κ1) is 15.4. The minimum absolute atomic E-state index is 0.103. The van der Waals surface area contributed by atoms with Crippen LogP contribution in [0.3, 0.4) is 0 Å². The van der Waals surface area contributed by atoms with Crippen molar-refractivity contribution < 1.29 is 23.5 Å². The Balaban J connectivity index is 1.92. The van der Waals surface area contributed by atoms with E-state index in [-0.39, 0.29) is 23.5 Å². The van der Waals surface area contributed by atoms with Crippen LogP contribution in [0.2, 0.25) is 0 Å². The first-order valence-electron chi connectivity index (χ1n) is 6.28. The normalized spacial score (nSPS) is 10.1. The molecule has 0 spiro atoms. The van der Waals surface area contributed by atoms with Crippen molar-refractivity contribution in [2.45, 2.75) is 0 Å². The van der Waals surface area contributed by atoms with Crippen molar-refractivity contribution in [3.63, 3.8) is 0 Å². The third-order valence-electron chi connectivity index (χ3n) is 2.77. The molecule has 0 unspecified atom stereocenters. The maximum Gasteiger partial charge on any atom is 0.251 e. The van der Waals surface area contributed by atoms with Crippen molar-refractivity contribution in [3.05, 3.63) is 59.7 Å². The lowest BCUT2D eigenvalue weighted by Crippen LogP contribution is -2.32. The Morgan fingerprint density at radius 3 is 2.45 bits per heavy atom. The number of carbonyl (C=O) groups is 2. The fourth-order valence-corrected chi connectivity index (χ4v) is 1.67. The van der Waals surface area contributed by atoms with Crippen LogP contribution >= 0.6 is 0 Å². The Labute approximate surface area is 124 Å². The van der Waals surface area contributed by atoms with Gasteiger partial charge in [-0.2, -0.15) is 0 Å². The van der Waals surface area contributed by atoms with Gasteiger partial charge in [-0.3, -0.25) is 9.59 Å². The van der Waals surface area contributed by atoms with Gasteiger partial charge in [-0.1, -0.05) is 12.1 Å². The van der Waals surface area contributed by atoms with Crippen molar-refractivity contribution >= 4 is 17.5 Å². The molecule has 22 heavy (non-hydrogen) atoms. The summed E-state index contributed by atoms with van der Waals surface area (Å²) in [4.78, 5) is 23.4. The molecule has 0 radical (unpaired) electrons. The molecule has 0 aliphatic rings. The van der Waals surface area contributed by atoms with Crippen LogP contribution in [0.5, 0.6) is 5.75 Å². The second kappa shape index (κ2) is 6.66. The maximum atomic E-state index is 13.0. The van der Waals surface area contributed by atoms with Gasteiger partial charge >= 0.3 is 0 Å². The van der Waals surface area contributed by atoms with Crippen molar-refractivity contribution in [3.8, 4) is 5.75 Å². The quantitative estimate of drug-likeness (QED) is 0.756. The third-order valence-corrected chi connectivity index (χ3v) is 2.77. The molecule has 114 valence electrons. The van der Waals surface area contributed by atoms with E-state index in [0.29, 0.717) is 0 Å². The zero-order chi connectivity index (χ0) is 16.1. The Hall–Kier alpha value is -2.96. The molecule has 0 saturated heterocycles. The van der Waals surface area contributed by atoms with E-state index in [2.05, 4.69) is 10.6 Å². The number of halogens is 2. The molecular formula is C15H12F2N2O3. The molecule has 0 saturated carbocycles. The molecule has 3 N–H and O–H groups in total. The molecule has 0 aromatic heterocycles. The van der Waals surface area contributed by atoms with Gasteiger partial charge in [0.15, 0.2) is 11.6 Å². The first-order chi connectivity index (χ1) is 10.5. The van der Waals surface area contributed by atoms with Crippen LogP contribution < -0.4 is 10.6 Å². The summed E-state index contributed by atoms with van der Waals surface area (Å²) in [5.41, 5.74) is 0.101. The summed E-state index contributed by atoms with van der Waals surface area (Å²) < 4.78 is 25.8. The highest BCUT2D eigenvalue weighted by molar-refractivity contribution is 5.99. The molecule has 7 heteroatoms. The topological polar surface area (TPSA) is 78.4 Å². The summed E-state index contributed by atoms with van der Waals surface area (Å²) in [6.45, 7) is -0.383. The molecule has 0 fully saturated rings. The number of carbonyl (C=O) groups excluding carboxylic acids is 2. The zero-order valence-corrected chi connectivity index (χ0v) is 11.3. The van der Waals surface area contributed by atoms with Gasteiger partial charge in [0.2, 0.25) is 5.91 Å². The standard InChI is InChI=1S/C15H12F2N2O3/c16-10-6-5-9(7-11(10)17)15(22)18-8-14(21)19-12-3-1-2-4-13(12)20/h1-7,20H,8H2,(H,18,22)(H,19,21). The van der Waals surface area contributed by atoms with E-state index < -0.39 is 23.4 Å². The number of rotatable bonds is 4.